The highest BCUT2D eigenvalue weighted by Crippen LogP contribution is 2.22. The average Bonchev–Trinajstić information content (AvgIpc) is 2.26. The third kappa shape index (κ3) is 4.35. The van der Waals surface area contributed by atoms with Gasteiger partial charge < -0.3 is 9.84 Å². The fourth-order valence-electron chi connectivity index (χ4n) is 1.02. The lowest BCUT2D eigenvalue weighted by molar-refractivity contribution is -0.142. The summed E-state index contributed by atoms with van der Waals surface area (Å²) in [5, 5.41) is 9.19. The van der Waals surface area contributed by atoms with Gasteiger partial charge in [-0.25, -0.2) is 0 Å². The third-order valence-corrected chi connectivity index (χ3v) is 2.84. The number of carbonyl (C=O) groups is 2. The Labute approximate surface area is 97.6 Å². The van der Waals surface area contributed by atoms with Gasteiger partial charge in [0.25, 0.3) is 0 Å². The highest BCUT2D eigenvalue weighted by molar-refractivity contribution is 8.00. The molecule has 0 unspecified atom stereocenters. The normalized spacial score (nSPS) is 9.81. The molecule has 0 aliphatic heterocycles. The van der Waals surface area contributed by atoms with E-state index in [1.807, 2.05) is 0 Å². The lowest BCUT2D eigenvalue weighted by Crippen LogP contribution is -2.10. The van der Waals surface area contributed by atoms with Crippen molar-refractivity contribution >= 4 is 23.5 Å². The molecule has 0 saturated heterocycles. The topological polar surface area (TPSA) is 63.6 Å². The number of ether oxygens (including phenoxy) is 1. The van der Waals surface area contributed by atoms with Crippen LogP contribution >= 0.6 is 11.8 Å². The van der Waals surface area contributed by atoms with Crippen molar-refractivity contribution < 1.29 is 19.4 Å². The van der Waals surface area contributed by atoms with Gasteiger partial charge in [-0.15, -0.1) is 11.8 Å². The quantitative estimate of drug-likeness (QED) is 0.481. The number of hydrogen-bond acceptors (Lipinski definition) is 5. The number of phenolic OH excluding ortho intramolecular Hbond substituents is 1. The van der Waals surface area contributed by atoms with Crippen molar-refractivity contribution in [2.75, 3.05) is 12.9 Å². The zero-order valence-corrected chi connectivity index (χ0v) is 9.62. The van der Waals surface area contributed by atoms with Crippen LogP contribution in [0.4, 0.5) is 0 Å². The van der Waals surface area contributed by atoms with Crippen molar-refractivity contribution in [3.05, 3.63) is 24.3 Å². The number of benzene rings is 1. The van der Waals surface area contributed by atoms with Crippen LogP contribution in [-0.4, -0.2) is 29.7 Å². The molecule has 5 heteroatoms. The van der Waals surface area contributed by atoms with Crippen LogP contribution in [0.3, 0.4) is 0 Å². The van der Waals surface area contributed by atoms with E-state index in [0.29, 0.717) is 0 Å². The van der Waals surface area contributed by atoms with Gasteiger partial charge in [0.05, 0.1) is 12.9 Å². The van der Waals surface area contributed by atoms with Crippen LogP contribution in [-0.2, 0) is 14.3 Å². The summed E-state index contributed by atoms with van der Waals surface area (Å²) in [5.74, 6) is -0.370. The SMILES string of the molecule is COC(=O)CC(=O)CSc1cccc(O)c1. The van der Waals surface area contributed by atoms with Gasteiger partial charge in [-0.2, -0.15) is 0 Å². The minimum absolute atomic E-state index is 0.158. The largest absolute Gasteiger partial charge is 0.508 e. The molecule has 0 spiro atoms. The van der Waals surface area contributed by atoms with Gasteiger partial charge in [0.15, 0.2) is 5.78 Å². The predicted molar refractivity (Wildman–Crippen MR) is 60.5 cm³/mol. The molecule has 0 aliphatic carbocycles. The first kappa shape index (κ1) is 12.6. The molecule has 86 valence electrons. The number of thioether (sulfide) groups is 1. The van der Waals surface area contributed by atoms with Gasteiger partial charge in [-0.3, -0.25) is 9.59 Å². The van der Waals surface area contributed by atoms with Crippen LogP contribution in [0.2, 0.25) is 0 Å². The van der Waals surface area contributed by atoms with Crippen molar-refractivity contribution in [2.45, 2.75) is 11.3 Å². The van der Waals surface area contributed by atoms with Gasteiger partial charge in [0.2, 0.25) is 0 Å². The summed E-state index contributed by atoms with van der Waals surface area (Å²) in [5.41, 5.74) is 0. The molecule has 16 heavy (non-hydrogen) atoms. The number of ketones is 1. The minimum atomic E-state index is -0.526. The molecule has 0 bridgehead atoms. The molecule has 1 N–H and O–H groups in total. The molecule has 0 amide bonds. The molecule has 4 nitrogen and oxygen atoms in total. The minimum Gasteiger partial charge on any atom is -0.508 e. The smallest absolute Gasteiger partial charge is 0.313 e. The number of esters is 1. The van der Waals surface area contributed by atoms with Gasteiger partial charge >= 0.3 is 5.97 Å². The monoisotopic (exact) mass is 240 g/mol. The number of hydrogen-bond donors (Lipinski definition) is 1. The number of aromatic hydroxyl groups is 1. The molecule has 1 aromatic carbocycles. The highest BCUT2D eigenvalue weighted by atomic mass is 32.2. The number of carbonyl (C=O) groups excluding carboxylic acids is 2. The van der Waals surface area contributed by atoms with E-state index in [9.17, 15) is 14.7 Å². The van der Waals surface area contributed by atoms with Crippen LogP contribution in [0.1, 0.15) is 6.42 Å². The second-order valence-electron chi connectivity index (χ2n) is 3.08. The first-order chi connectivity index (χ1) is 7.61. The Balaban J connectivity index is 2.40. The zero-order valence-electron chi connectivity index (χ0n) is 8.80. The Kier molecular flexibility index (Phi) is 4.85. The van der Waals surface area contributed by atoms with E-state index in [0.717, 1.165) is 4.90 Å². The Morgan fingerprint density at radius 2 is 2.19 bits per heavy atom. The molecule has 0 aliphatic rings. The molecule has 0 radical (unpaired) electrons. The maximum Gasteiger partial charge on any atom is 0.313 e. The van der Waals surface area contributed by atoms with E-state index in [2.05, 4.69) is 4.74 Å². The van der Waals surface area contributed by atoms with Gasteiger partial charge in [0, 0.05) is 4.90 Å². The predicted octanol–water partition coefficient (Wildman–Crippen LogP) is 1.62. The molecule has 0 saturated carbocycles. The number of methoxy groups -OCH3 is 1. The first-order valence-electron chi connectivity index (χ1n) is 4.62. The van der Waals surface area contributed by atoms with Crippen molar-refractivity contribution in [3.63, 3.8) is 0 Å². The van der Waals surface area contributed by atoms with E-state index in [1.54, 1.807) is 24.3 Å². The van der Waals surface area contributed by atoms with Crippen molar-refractivity contribution in [1.29, 1.82) is 0 Å². The first-order valence-corrected chi connectivity index (χ1v) is 5.60. The standard InChI is InChI=1S/C11H12O4S/c1-15-11(14)6-9(13)7-16-10-4-2-3-8(12)5-10/h2-5,12H,6-7H2,1H3. The summed E-state index contributed by atoms with van der Waals surface area (Å²) in [6, 6.07) is 6.61. The molecule has 1 aromatic rings. The lowest BCUT2D eigenvalue weighted by Gasteiger charge is -2.01. The average molecular weight is 240 g/mol. The summed E-state index contributed by atoms with van der Waals surface area (Å²) in [4.78, 5) is 22.9. The molecule has 0 fully saturated rings. The Bertz CT molecular complexity index is 389. The summed E-state index contributed by atoms with van der Waals surface area (Å²) in [7, 11) is 1.25. The van der Waals surface area contributed by atoms with E-state index < -0.39 is 5.97 Å². The van der Waals surface area contributed by atoms with Gasteiger partial charge in [-0.05, 0) is 18.2 Å². The molecule has 0 aromatic heterocycles. The number of Topliss-reactive ketones (excluding diaryl/α,β-unsaturated/α-hetero) is 1. The summed E-state index contributed by atoms with van der Waals surface area (Å²) in [6.07, 6.45) is -0.206. The molecular weight excluding hydrogens is 228 g/mol. The van der Waals surface area contributed by atoms with E-state index >= 15 is 0 Å². The highest BCUT2D eigenvalue weighted by Gasteiger charge is 2.09. The Hall–Kier alpha value is -1.49. The van der Waals surface area contributed by atoms with Crippen LogP contribution < -0.4 is 0 Å². The molecule has 0 atom stereocenters. The van der Waals surface area contributed by atoms with Crippen molar-refractivity contribution in [1.82, 2.24) is 0 Å². The zero-order chi connectivity index (χ0) is 12.0. The van der Waals surface area contributed by atoms with Crippen LogP contribution in [0.15, 0.2) is 29.2 Å². The summed E-state index contributed by atoms with van der Waals surface area (Å²) < 4.78 is 4.38. The number of rotatable bonds is 5. The summed E-state index contributed by atoms with van der Waals surface area (Å²) >= 11 is 1.28. The molecule has 0 heterocycles. The van der Waals surface area contributed by atoms with Crippen LogP contribution in [0, 0.1) is 0 Å². The Morgan fingerprint density at radius 3 is 2.81 bits per heavy atom. The lowest BCUT2D eigenvalue weighted by atomic mass is 10.3. The maximum absolute atomic E-state index is 11.3. The van der Waals surface area contributed by atoms with Crippen molar-refractivity contribution in [3.8, 4) is 5.75 Å². The van der Waals surface area contributed by atoms with E-state index in [1.165, 1.54) is 18.9 Å². The van der Waals surface area contributed by atoms with Crippen LogP contribution in [0.5, 0.6) is 5.75 Å². The number of phenols is 1. The fraction of sp³-hybridized carbons (Fsp3) is 0.273. The van der Waals surface area contributed by atoms with Gasteiger partial charge in [0.1, 0.15) is 12.2 Å². The van der Waals surface area contributed by atoms with Crippen LogP contribution in [0.25, 0.3) is 0 Å². The Morgan fingerprint density at radius 1 is 1.44 bits per heavy atom. The second-order valence-corrected chi connectivity index (χ2v) is 4.13. The third-order valence-electron chi connectivity index (χ3n) is 1.79. The second kappa shape index (κ2) is 6.17. The molecule has 1 rings (SSSR count). The van der Waals surface area contributed by atoms with Gasteiger partial charge in [-0.1, -0.05) is 6.07 Å². The maximum atomic E-state index is 11.3. The molecular formula is C11H12O4S. The van der Waals surface area contributed by atoms with E-state index in [4.69, 9.17) is 0 Å². The fourth-order valence-corrected chi connectivity index (χ4v) is 1.83. The van der Waals surface area contributed by atoms with E-state index in [-0.39, 0.29) is 23.7 Å². The summed E-state index contributed by atoms with van der Waals surface area (Å²) in [6.45, 7) is 0. The van der Waals surface area contributed by atoms with Crippen molar-refractivity contribution in [2.24, 2.45) is 0 Å².